The van der Waals surface area contributed by atoms with Crippen LogP contribution in [0.2, 0.25) is 0 Å². The van der Waals surface area contributed by atoms with E-state index in [1.807, 2.05) is 57.7 Å². The van der Waals surface area contributed by atoms with E-state index in [-0.39, 0.29) is 24.0 Å². The lowest BCUT2D eigenvalue weighted by Crippen LogP contribution is -3.00. The number of hydrogen-bond donors (Lipinski definition) is 0. The molecule has 4 heteroatoms. The summed E-state index contributed by atoms with van der Waals surface area (Å²) in [5.74, 6) is 2.95. The van der Waals surface area contributed by atoms with Crippen molar-refractivity contribution in [2.24, 2.45) is 14.1 Å². The van der Waals surface area contributed by atoms with Crippen LogP contribution < -0.4 is 28.5 Å². The van der Waals surface area contributed by atoms with Crippen molar-refractivity contribution in [1.29, 1.82) is 0 Å². The van der Waals surface area contributed by atoms with Crippen molar-refractivity contribution in [2.45, 2.75) is 6.92 Å². The van der Waals surface area contributed by atoms with Crippen molar-refractivity contribution in [2.75, 3.05) is 0 Å². The lowest BCUT2D eigenvalue weighted by molar-refractivity contribution is -0.672. The van der Waals surface area contributed by atoms with Crippen molar-refractivity contribution in [3.63, 3.8) is 0 Å². The van der Waals surface area contributed by atoms with E-state index in [0.29, 0.717) is 0 Å². The van der Waals surface area contributed by atoms with Crippen LogP contribution in [-0.4, -0.2) is 4.57 Å². The van der Waals surface area contributed by atoms with Crippen LogP contribution in [0, 0.1) is 6.92 Å². The molecule has 0 radical (unpaired) electrons. The summed E-state index contributed by atoms with van der Waals surface area (Å²) >= 11 is 0. The fourth-order valence-corrected chi connectivity index (χ4v) is 1.54. The normalized spacial score (nSPS) is 10.7. The maximum atomic E-state index is 5.46. The number of aromatic nitrogens is 2. The maximum Gasteiger partial charge on any atom is 0.281 e. The minimum atomic E-state index is 0. The highest BCUT2D eigenvalue weighted by Crippen LogP contribution is 2.09. The molecule has 0 saturated heterocycles. The van der Waals surface area contributed by atoms with Crippen LogP contribution in [0.3, 0.4) is 0 Å². The first kappa shape index (κ1) is 13.0. The molecule has 0 bridgehead atoms. The van der Waals surface area contributed by atoms with Gasteiger partial charge in [-0.25, -0.2) is 9.13 Å². The standard InChI is InChI=1S/C12H15N2O.HI/c1-10-4-5-11(15-10)6-7-12-13(2)8-9-14(12)3;/h4-9H,1-3H3;1H/q+1;/p-1/b7-6+;. The summed E-state index contributed by atoms with van der Waals surface area (Å²) in [5, 5.41) is 0. The molecule has 0 aliphatic rings. The highest BCUT2D eigenvalue weighted by atomic mass is 127. The molecule has 0 saturated carbocycles. The number of nitrogens with zero attached hydrogens (tertiary/aromatic N) is 2. The Labute approximate surface area is 112 Å². The number of furan rings is 1. The van der Waals surface area contributed by atoms with Gasteiger partial charge in [-0.15, -0.1) is 0 Å². The summed E-state index contributed by atoms with van der Waals surface area (Å²) in [6.45, 7) is 1.94. The topological polar surface area (TPSA) is 21.9 Å². The minimum absolute atomic E-state index is 0. The zero-order valence-corrected chi connectivity index (χ0v) is 11.8. The van der Waals surface area contributed by atoms with Crippen LogP contribution in [-0.2, 0) is 14.1 Å². The maximum absolute atomic E-state index is 5.46. The number of hydrogen-bond acceptors (Lipinski definition) is 1. The van der Waals surface area contributed by atoms with Gasteiger partial charge in [-0.2, -0.15) is 0 Å². The Balaban J connectivity index is 0.00000128. The molecule has 0 aliphatic heterocycles. The first-order valence-electron chi connectivity index (χ1n) is 4.92. The fourth-order valence-electron chi connectivity index (χ4n) is 1.54. The van der Waals surface area contributed by atoms with Crippen LogP contribution >= 0.6 is 0 Å². The first-order chi connectivity index (χ1) is 7.16. The molecular formula is C12H15IN2O. The molecular weight excluding hydrogens is 315 g/mol. The van der Waals surface area contributed by atoms with Crippen LogP contribution in [0.15, 0.2) is 28.9 Å². The second-order valence-corrected chi connectivity index (χ2v) is 3.66. The largest absolute Gasteiger partial charge is 1.00 e. The van der Waals surface area contributed by atoms with Gasteiger partial charge in [-0.3, -0.25) is 0 Å². The number of halogens is 1. The van der Waals surface area contributed by atoms with Crippen LogP contribution in [0.1, 0.15) is 17.3 Å². The monoisotopic (exact) mass is 330 g/mol. The van der Waals surface area contributed by atoms with Crippen molar-refractivity contribution in [3.8, 4) is 0 Å². The van der Waals surface area contributed by atoms with E-state index in [0.717, 1.165) is 17.3 Å². The average Bonchev–Trinajstić information content (AvgIpc) is 2.73. The van der Waals surface area contributed by atoms with Crippen molar-refractivity contribution < 1.29 is 33.0 Å². The molecule has 0 amide bonds. The van der Waals surface area contributed by atoms with E-state index in [9.17, 15) is 0 Å². The lowest BCUT2D eigenvalue weighted by Gasteiger charge is -1.90. The smallest absolute Gasteiger partial charge is 0.281 e. The molecule has 0 unspecified atom stereocenters. The predicted octanol–water partition coefficient (Wildman–Crippen LogP) is -1.07. The molecule has 2 heterocycles. The van der Waals surface area contributed by atoms with Gasteiger partial charge < -0.3 is 28.4 Å². The minimum Gasteiger partial charge on any atom is -1.00 e. The molecule has 2 rings (SSSR count). The van der Waals surface area contributed by atoms with Crippen LogP contribution in [0.5, 0.6) is 0 Å². The highest BCUT2D eigenvalue weighted by Gasteiger charge is 2.06. The second-order valence-electron chi connectivity index (χ2n) is 3.66. The zero-order valence-electron chi connectivity index (χ0n) is 9.64. The van der Waals surface area contributed by atoms with Crippen LogP contribution in [0.25, 0.3) is 12.2 Å². The van der Waals surface area contributed by atoms with E-state index < -0.39 is 0 Å². The average molecular weight is 330 g/mol. The Kier molecular flexibility index (Phi) is 4.35. The Morgan fingerprint density at radius 2 is 2.06 bits per heavy atom. The molecule has 0 spiro atoms. The van der Waals surface area contributed by atoms with Gasteiger partial charge in [0.1, 0.15) is 23.9 Å². The van der Waals surface area contributed by atoms with Crippen LogP contribution in [0.4, 0.5) is 0 Å². The molecule has 0 N–H and O–H groups in total. The summed E-state index contributed by atoms with van der Waals surface area (Å²) in [7, 11) is 4.04. The molecule has 0 aromatic carbocycles. The third-order valence-electron chi connectivity index (χ3n) is 2.39. The Bertz CT molecular complexity index is 477. The van der Waals surface area contributed by atoms with Crippen molar-refractivity contribution in [3.05, 3.63) is 41.9 Å². The van der Waals surface area contributed by atoms with Gasteiger partial charge in [0.2, 0.25) is 0 Å². The Morgan fingerprint density at radius 1 is 1.31 bits per heavy atom. The van der Waals surface area contributed by atoms with Gasteiger partial charge in [-0.05, 0) is 25.1 Å². The van der Waals surface area contributed by atoms with E-state index >= 15 is 0 Å². The third kappa shape index (κ3) is 2.75. The van der Waals surface area contributed by atoms with Crippen molar-refractivity contribution in [1.82, 2.24) is 4.57 Å². The first-order valence-corrected chi connectivity index (χ1v) is 4.92. The zero-order chi connectivity index (χ0) is 10.8. The number of imidazole rings is 1. The molecule has 3 nitrogen and oxygen atoms in total. The SMILES string of the molecule is Cc1ccc(/C=C/c2n(C)cc[n+]2C)o1.[I-]. The summed E-state index contributed by atoms with van der Waals surface area (Å²) in [5.41, 5.74) is 0. The molecule has 2 aromatic heterocycles. The van der Waals surface area contributed by atoms with Gasteiger partial charge in [-0.1, -0.05) is 0 Å². The summed E-state index contributed by atoms with van der Waals surface area (Å²) in [4.78, 5) is 0. The summed E-state index contributed by atoms with van der Waals surface area (Å²) in [6.07, 6.45) is 8.06. The molecule has 0 atom stereocenters. The molecule has 0 fully saturated rings. The van der Waals surface area contributed by atoms with Crippen molar-refractivity contribution >= 4 is 12.2 Å². The lowest BCUT2D eigenvalue weighted by atomic mass is 10.4. The molecule has 2 aromatic rings. The van der Waals surface area contributed by atoms with E-state index in [1.54, 1.807) is 0 Å². The van der Waals surface area contributed by atoms with Gasteiger partial charge in [0.25, 0.3) is 5.82 Å². The third-order valence-corrected chi connectivity index (χ3v) is 2.39. The van der Waals surface area contributed by atoms with E-state index in [4.69, 9.17) is 4.42 Å². The van der Waals surface area contributed by atoms with E-state index in [1.165, 1.54) is 0 Å². The molecule has 86 valence electrons. The van der Waals surface area contributed by atoms with E-state index in [2.05, 4.69) is 9.13 Å². The Morgan fingerprint density at radius 3 is 2.56 bits per heavy atom. The highest BCUT2D eigenvalue weighted by molar-refractivity contribution is 5.62. The van der Waals surface area contributed by atoms with Gasteiger partial charge in [0.15, 0.2) is 0 Å². The molecule has 16 heavy (non-hydrogen) atoms. The number of rotatable bonds is 2. The number of aryl methyl sites for hydroxylation is 3. The summed E-state index contributed by atoms with van der Waals surface area (Å²) in [6, 6.07) is 3.93. The molecule has 0 aliphatic carbocycles. The van der Waals surface area contributed by atoms with Gasteiger partial charge in [0.05, 0.1) is 14.1 Å². The van der Waals surface area contributed by atoms with Gasteiger partial charge >= 0.3 is 0 Å². The predicted molar refractivity (Wildman–Crippen MR) is 59.0 cm³/mol. The quantitative estimate of drug-likeness (QED) is 0.508. The fraction of sp³-hybridized carbons (Fsp3) is 0.250. The summed E-state index contributed by atoms with van der Waals surface area (Å²) < 4.78 is 9.58. The van der Waals surface area contributed by atoms with Gasteiger partial charge in [0, 0.05) is 6.08 Å². The second kappa shape index (κ2) is 5.34. The Hall–Kier alpha value is -1.04.